The Labute approximate surface area is 144 Å². The van der Waals surface area contributed by atoms with E-state index >= 15 is 0 Å². The van der Waals surface area contributed by atoms with Crippen LogP contribution in [0.5, 0.6) is 0 Å². The molecule has 0 bridgehead atoms. The molecular formula is C17H17ClFN3O2. The van der Waals surface area contributed by atoms with Gasteiger partial charge in [-0.3, -0.25) is 4.57 Å². The Morgan fingerprint density at radius 3 is 2.75 bits per heavy atom. The smallest absolute Gasteiger partial charge is 0.355 e. The first-order valence-corrected chi connectivity index (χ1v) is 7.52. The van der Waals surface area contributed by atoms with Crippen LogP contribution >= 0.6 is 11.6 Å². The number of hydrogen-bond donors (Lipinski definition) is 2. The maximum absolute atomic E-state index is 14.0. The number of halogens is 2. The highest BCUT2D eigenvalue weighted by molar-refractivity contribution is 6.32. The molecule has 1 aromatic heterocycles. The lowest BCUT2D eigenvalue weighted by Crippen LogP contribution is -2.20. The molecule has 0 unspecified atom stereocenters. The second kappa shape index (κ2) is 7.31. The topological polar surface area (TPSA) is 67.2 Å². The number of allylic oxidation sites excluding steroid dienone is 1. The minimum absolute atomic E-state index is 0.0260. The summed E-state index contributed by atoms with van der Waals surface area (Å²) < 4.78 is 15.4. The van der Waals surface area contributed by atoms with Crippen molar-refractivity contribution in [2.45, 2.75) is 20.4 Å². The fourth-order valence-corrected chi connectivity index (χ4v) is 2.50. The van der Waals surface area contributed by atoms with Crippen LogP contribution in [-0.4, -0.2) is 20.6 Å². The van der Waals surface area contributed by atoms with Gasteiger partial charge in [0.2, 0.25) is 0 Å². The molecule has 0 saturated carbocycles. The Hall–Kier alpha value is -2.60. The summed E-state index contributed by atoms with van der Waals surface area (Å²) in [5, 5.41) is 12.7. The number of nitrogens with zero attached hydrogens (tertiary/aromatic N) is 2. The molecule has 1 heterocycles. The third-order valence-electron chi connectivity index (χ3n) is 3.56. The molecule has 0 fully saturated rings. The van der Waals surface area contributed by atoms with Gasteiger partial charge in [-0.25, -0.2) is 14.2 Å². The summed E-state index contributed by atoms with van der Waals surface area (Å²) in [5.41, 5.74) is 1.19. The summed E-state index contributed by atoms with van der Waals surface area (Å²) in [6.45, 7) is 7.11. The van der Waals surface area contributed by atoms with Crippen molar-refractivity contribution in [3.05, 3.63) is 70.7 Å². The van der Waals surface area contributed by atoms with E-state index in [0.717, 1.165) is 5.56 Å². The van der Waals surface area contributed by atoms with Crippen molar-refractivity contribution in [2.24, 2.45) is 0 Å². The molecule has 126 valence electrons. The largest absolute Gasteiger partial charge is 0.476 e. The second-order valence-electron chi connectivity index (χ2n) is 5.13. The van der Waals surface area contributed by atoms with E-state index in [4.69, 9.17) is 11.6 Å². The van der Waals surface area contributed by atoms with Gasteiger partial charge in [0, 0.05) is 24.5 Å². The van der Waals surface area contributed by atoms with Gasteiger partial charge in [-0.2, -0.15) is 0 Å². The lowest BCUT2D eigenvalue weighted by molar-refractivity contribution is -0.130. The van der Waals surface area contributed by atoms with Crippen molar-refractivity contribution in [1.82, 2.24) is 14.9 Å². The third kappa shape index (κ3) is 3.49. The molecule has 2 aromatic rings. The van der Waals surface area contributed by atoms with Crippen LogP contribution in [-0.2, 0) is 11.3 Å². The van der Waals surface area contributed by atoms with E-state index in [0.29, 0.717) is 10.8 Å². The molecule has 2 rings (SSSR count). The fourth-order valence-electron chi connectivity index (χ4n) is 2.28. The van der Waals surface area contributed by atoms with Gasteiger partial charge in [-0.05, 0) is 31.6 Å². The summed E-state index contributed by atoms with van der Waals surface area (Å²) in [6.07, 6.45) is 4.39. The summed E-state index contributed by atoms with van der Waals surface area (Å²) in [7, 11) is 0. The highest BCUT2D eigenvalue weighted by Crippen LogP contribution is 2.24. The molecule has 0 amide bonds. The number of aromatic nitrogens is 2. The van der Waals surface area contributed by atoms with Gasteiger partial charge >= 0.3 is 5.97 Å². The van der Waals surface area contributed by atoms with E-state index in [-0.39, 0.29) is 23.5 Å². The number of rotatable bonds is 6. The average Bonchev–Trinajstić information content (AvgIpc) is 2.95. The molecule has 24 heavy (non-hydrogen) atoms. The van der Waals surface area contributed by atoms with Crippen LogP contribution in [0.3, 0.4) is 0 Å². The van der Waals surface area contributed by atoms with Crippen LogP contribution in [0.25, 0.3) is 5.70 Å². The molecule has 7 heteroatoms. The Kier molecular flexibility index (Phi) is 5.41. The van der Waals surface area contributed by atoms with Gasteiger partial charge in [0.05, 0.1) is 10.7 Å². The summed E-state index contributed by atoms with van der Waals surface area (Å²) in [4.78, 5) is 15.7. The average molecular weight is 350 g/mol. The first-order valence-electron chi connectivity index (χ1n) is 7.14. The van der Waals surface area contributed by atoms with Crippen molar-refractivity contribution in [3.8, 4) is 0 Å². The molecule has 2 N–H and O–H groups in total. The molecule has 0 spiro atoms. The summed E-state index contributed by atoms with van der Waals surface area (Å²) >= 11 is 6.14. The molecule has 1 aromatic carbocycles. The maximum atomic E-state index is 14.0. The van der Waals surface area contributed by atoms with Gasteiger partial charge < -0.3 is 10.4 Å². The number of hydrogen-bond acceptors (Lipinski definition) is 3. The van der Waals surface area contributed by atoms with E-state index in [2.05, 4.69) is 16.9 Å². The van der Waals surface area contributed by atoms with Gasteiger partial charge in [-0.1, -0.05) is 24.2 Å². The van der Waals surface area contributed by atoms with Crippen LogP contribution in [0.2, 0.25) is 5.02 Å². The number of aryl methyl sites for hydroxylation is 2. The number of carboxylic acid groups (broad SMARTS) is 1. The Bertz CT molecular complexity index is 827. The normalized spacial score (nSPS) is 11.8. The maximum Gasteiger partial charge on any atom is 0.355 e. The van der Waals surface area contributed by atoms with Crippen LogP contribution in [0.15, 0.2) is 42.9 Å². The van der Waals surface area contributed by atoms with E-state index in [1.54, 1.807) is 19.9 Å². The quantitative estimate of drug-likeness (QED) is 0.618. The lowest BCUT2D eigenvalue weighted by Gasteiger charge is -2.15. The Balaban J connectivity index is 2.41. The number of benzene rings is 1. The summed E-state index contributed by atoms with van der Waals surface area (Å²) in [5.74, 6) is -1.11. The highest BCUT2D eigenvalue weighted by atomic mass is 35.5. The van der Waals surface area contributed by atoms with Crippen molar-refractivity contribution in [1.29, 1.82) is 0 Å². The van der Waals surface area contributed by atoms with Gasteiger partial charge in [0.1, 0.15) is 11.6 Å². The molecular weight excluding hydrogens is 333 g/mol. The van der Waals surface area contributed by atoms with Crippen LogP contribution < -0.4 is 5.32 Å². The monoisotopic (exact) mass is 349 g/mol. The minimum atomic E-state index is -1.16. The van der Waals surface area contributed by atoms with Crippen molar-refractivity contribution >= 4 is 23.3 Å². The molecule has 0 aliphatic carbocycles. The number of carbonyl (C=O) groups is 1. The zero-order chi connectivity index (χ0) is 17.9. The van der Waals surface area contributed by atoms with E-state index in [1.165, 1.54) is 29.1 Å². The van der Waals surface area contributed by atoms with Gasteiger partial charge in [0.25, 0.3) is 0 Å². The van der Waals surface area contributed by atoms with Crippen LogP contribution in [0.1, 0.15) is 17.0 Å². The first-order chi connectivity index (χ1) is 11.4. The van der Waals surface area contributed by atoms with Crippen LogP contribution in [0.4, 0.5) is 4.39 Å². The first kappa shape index (κ1) is 17.7. The lowest BCUT2D eigenvalue weighted by atomic mass is 10.1. The zero-order valence-electron chi connectivity index (χ0n) is 13.3. The fraction of sp³-hybridized carbons (Fsp3) is 0.176. The van der Waals surface area contributed by atoms with Crippen LogP contribution in [0, 0.1) is 19.7 Å². The molecule has 0 saturated heterocycles. The summed E-state index contributed by atoms with van der Waals surface area (Å²) in [6, 6.07) is 2.91. The number of aliphatic carboxylic acids is 1. The third-order valence-corrected chi connectivity index (χ3v) is 4.09. The standard InChI is InChI=1S/C17H17ClFN3O2/c1-4-14(16(17(23)24)22-8-7-20-11(22)3)21-9-12-13(19)6-5-10(2)15(12)18/h4-8,21H,1,9H2,2-3H3,(H,23,24)/b16-14+. The van der Waals surface area contributed by atoms with E-state index in [1.807, 2.05) is 0 Å². The number of imidazole rings is 1. The van der Waals surface area contributed by atoms with Crippen molar-refractivity contribution in [2.75, 3.05) is 0 Å². The van der Waals surface area contributed by atoms with Crippen molar-refractivity contribution < 1.29 is 14.3 Å². The van der Waals surface area contributed by atoms with E-state index in [9.17, 15) is 14.3 Å². The SMILES string of the molecule is C=C/C(NCc1c(F)ccc(C)c1Cl)=C(/C(=O)O)n1ccnc1C. The van der Waals surface area contributed by atoms with Gasteiger partial charge in [0.15, 0.2) is 5.70 Å². The molecule has 0 aliphatic rings. The Morgan fingerprint density at radius 1 is 1.50 bits per heavy atom. The molecule has 0 radical (unpaired) electrons. The molecule has 0 atom stereocenters. The predicted molar refractivity (Wildman–Crippen MR) is 91.0 cm³/mol. The number of nitrogens with one attached hydrogen (secondary N) is 1. The van der Waals surface area contributed by atoms with Gasteiger partial charge in [-0.15, -0.1) is 0 Å². The second-order valence-corrected chi connectivity index (χ2v) is 5.50. The predicted octanol–water partition coefficient (Wildman–Crippen LogP) is 3.52. The minimum Gasteiger partial charge on any atom is -0.476 e. The molecule has 5 nitrogen and oxygen atoms in total. The zero-order valence-corrected chi connectivity index (χ0v) is 14.1. The Morgan fingerprint density at radius 2 is 2.21 bits per heavy atom. The number of carboxylic acids is 1. The van der Waals surface area contributed by atoms with Crippen molar-refractivity contribution in [3.63, 3.8) is 0 Å². The highest BCUT2D eigenvalue weighted by Gasteiger charge is 2.18. The molecule has 0 aliphatic heterocycles. The van der Waals surface area contributed by atoms with E-state index < -0.39 is 11.8 Å².